The molecule has 2 amide bonds. The van der Waals surface area contributed by atoms with Crippen molar-refractivity contribution in [1.29, 1.82) is 0 Å². The van der Waals surface area contributed by atoms with Crippen LogP contribution in [0.15, 0.2) is 33.0 Å². The van der Waals surface area contributed by atoms with Crippen LogP contribution in [0.1, 0.15) is 113 Å². The van der Waals surface area contributed by atoms with Gasteiger partial charge in [-0.2, -0.15) is 0 Å². The minimum absolute atomic E-state index is 0.0741. The fourth-order valence-electron chi connectivity index (χ4n) is 6.86. The molecule has 5 heterocycles. The number of ether oxygens (including phenoxy) is 2. The summed E-state index contributed by atoms with van der Waals surface area (Å²) < 4.78 is 10.5. The SMILES string of the molecule is CCC1=C(C)C(=O)N=C1/C=c1\[nH]/c2c(c1C)[C@@H](C)CC(=O)OCOC(=O)C[C@H](C)c1c([nH]c(/C=C3\NC(=O)C(C)=C3CC)c1C)/C=2. The molecule has 3 N–H and O–H groups in total. The molecule has 0 unspecified atom stereocenters. The third-order valence-electron chi connectivity index (χ3n) is 9.34. The summed E-state index contributed by atoms with van der Waals surface area (Å²) >= 11 is 0. The number of nitrogens with one attached hydrogen (secondary N) is 3. The number of rotatable bonds is 4. The van der Waals surface area contributed by atoms with Crippen molar-refractivity contribution >= 4 is 47.7 Å². The maximum absolute atomic E-state index is 12.8. The van der Waals surface area contributed by atoms with Gasteiger partial charge in [-0.25, -0.2) is 4.99 Å². The molecule has 242 valence electrons. The third-order valence-corrected chi connectivity index (χ3v) is 9.34. The predicted octanol–water partition coefficient (Wildman–Crippen LogP) is 4.52. The first-order valence-corrected chi connectivity index (χ1v) is 15.9. The Morgan fingerprint density at radius 2 is 1.46 bits per heavy atom. The number of H-pyrrole nitrogens is 2. The molecule has 0 aromatic carbocycles. The molecule has 3 aliphatic rings. The van der Waals surface area contributed by atoms with E-state index in [2.05, 4.69) is 20.3 Å². The summed E-state index contributed by atoms with van der Waals surface area (Å²) in [5, 5.41) is 4.57. The predicted molar refractivity (Wildman–Crippen MR) is 176 cm³/mol. The second-order valence-corrected chi connectivity index (χ2v) is 12.4. The van der Waals surface area contributed by atoms with E-state index in [9.17, 15) is 19.2 Å². The Morgan fingerprint density at radius 1 is 0.826 bits per heavy atom. The zero-order chi connectivity index (χ0) is 33.4. The fourth-order valence-corrected chi connectivity index (χ4v) is 6.86. The minimum atomic E-state index is -0.473. The van der Waals surface area contributed by atoms with Crippen LogP contribution in [0, 0.1) is 13.8 Å². The van der Waals surface area contributed by atoms with Gasteiger partial charge in [-0.3, -0.25) is 19.2 Å². The van der Waals surface area contributed by atoms with Crippen molar-refractivity contribution in [3.05, 3.63) is 72.3 Å². The Labute approximate surface area is 268 Å². The van der Waals surface area contributed by atoms with Crippen molar-refractivity contribution in [2.75, 3.05) is 6.79 Å². The van der Waals surface area contributed by atoms with Crippen molar-refractivity contribution in [2.24, 2.45) is 4.99 Å². The molecule has 0 saturated heterocycles. The van der Waals surface area contributed by atoms with Crippen molar-refractivity contribution in [2.45, 2.75) is 92.9 Å². The highest BCUT2D eigenvalue weighted by molar-refractivity contribution is 6.30. The van der Waals surface area contributed by atoms with E-state index >= 15 is 0 Å². The van der Waals surface area contributed by atoms with Gasteiger partial charge in [-0.15, -0.1) is 0 Å². The molecule has 0 spiro atoms. The van der Waals surface area contributed by atoms with Gasteiger partial charge in [-0.1, -0.05) is 27.7 Å². The molecule has 10 heteroatoms. The van der Waals surface area contributed by atoms with E-state index in [0.717, 1.165) is 61.2 Å². The van der Waals surface area contributed by atoms with Gasteiger partial charge >= 0.3 is 11.9 Å². The van der Waals surface area contributed by atoms with Crippen molar-refractivity contribution in [3.8, 4) is 0 Å². The molecule has 2 atom stereocenters. The maximum atomic E-state index is 12.8. The van der Waals surface area contributed by atoms with Crippen LogP contribution >= 0.6 is 0 Å². The highest BCUT2D eigenvalue weighted by Gasteiger charge is 2.27. The number of hydrogen-bond acceptors (Lipinski definition) is 6. The van der Waals surface area contributed by atoms with E-state index in [1.165, 1.54) is 0 Å². The number of aromatic amines is 2. The molecule has 0 bridgehead atoms. The first-order valence-electron chi connectivity index (χ1n) is 15.9. The number of allylic oxidation sites excluding steroid dienone is 2. The molecule has 0 aliphatic carbocycles. The standard InChI is InChI=1S/C36H42N4O6/c1-9-23-19(5)35(43)39-27(23)13-25-21(7)33-17(3)11-31(41)45-16-46-32(42)12-18(4)34-22(8)26(38-30(34)15-29(33)37-25)14-28-24(10-2)20(6)36(44)40-28/h13-15,17-18,37-38H,9-12,16H2,1-8H3,(H,39,43)/b26-14-,27-13-,30-15-/t17-,18-/m0/s1. The summed E-state index contributed by atoms with van der Waals surface area (Å²) in [7, 11) is 0. The summed E-state index contributed by atoms with van der Waals surface area (Å²) in [6, 6.07) is 0. The molecule has 2 aromatic rings. The van der Waals surface area contributed by atoms with E-state index in [-0.39, 0.29) is 36.5 Å². The van der Waals surface area contributed by atoms with Crippen LogP contribution in [-0.4, -0.2) is 46.2 Å². The number of hydrogen-bond donors (Lipinski definition) is 3. The van der Waals surface area contributed by atoms with Crippen molar-refractivity contribution in [1.82, 2.24) is 15.3 Å². The summed E-state index contributed by atoms with van der Waals surface area (Å²) in [5.41, 5.74) is 9.99. The largest absolute Gasteiger partial charge is 0.428 e. The molecule has 10 nitrogen and oxygen atoms in total. The van der Waals surface area contributed by atoms with E-state index < -0.39 is 18.7 Å². The minimum Gasteiger partial charge on any atom is -0.428 e. The number of cyclic esters (lactones) is 2. The van der Waals surface area contributed by atoms with Crippen molar-refractivity contribution in [3.63, 3.8) is 0 Å². The zero-order valence-corrected chi connectivity index (χ0v) is 27.8. The number of aliphatic imine (C=N–C) groups is 1. The van der Waals surface area contributed by atoms with Crippen LogP contribution in [0.3, 0.4) is 0 Å². The summed E-state index contributed by atoms with van der Waals surface area (Å²) in [5.74, 6) is -1.77. The van der Waals surface area contributed by atoms with Gasteiger partial charge in [0.25, 0.3) is 11.8 Å². The molecule has 2 aromatic heterocycles. The summed E-state index contributed by atoms with van der Waals surface area (Å²) in [4.78, 5) is 61.8. The Kier molecular flexibility index (Phi) is 9.19. The van der Waals surface area contributed by atoms with Gasteiger partial charge in [0.15, 0.2) is 0 Å². The van der Waals surface area contributed by atoms with Crippen LogP contribution < -0.4 is 16.0 Å². The van der Waals surface area contributed by atoms with Crippen LogP contribution in [0.5, 0.6) is 0 Å². The fraction of sp³-hybridized carbons (Fsp3) is 0.417. The highest BCUT2D eigenvalue weighted by atomic mass is 16.7. The van der Waals surface area contributed by atoms with Gasteiger partial charge in [-0.05, 0) is 104 Å². The number of esters is 2. The molecule has 0 fully saturated rings. The van der Waals surface area contributed by atoms with Crippen molar-refractivity contribution < 1.29 is 28.7 Å². The van der Waals surface area contributed by atoms with Crippen LogP contribution in [0.2, 0.25) is 0 Å². The number of aromatic nitrogens is 2. The zero-order valence-electron chi connectivity index (χ0n) is 27.8. The molecule has 5 rings (SSSR count). The normalized spacial score (nSPS) is 23.1. The van der Waals surface area contributed by atoms with Gasteiger partial charge < -0.3 is 24.8 Å². The van der Waals surface area contributed by atoms with Crippen LogP contribution in [-0.2, 0) is 28.7 Å². The second kappa shape index (κ2) is 12.9. The average Bonchev–Trinajstić information content (AvgIpc) is 3.64. The smallest absolute Gasteiger partial charge is 0.309 e. The molecular formula is C36H42N4O6. The lowest BCUT2D eigenvalue weighted by Gasteiger charge is -2.15. The first kappa shape index (κ1) is 32.7. The second-order valence-electron chi connectivity index (χ2n) is 12.4. The van der Waals surface area contributed by atoms with Gasteiger partial charge in [0.2, 0.25) is 6.79 Å². The lowest BCUT2D eigenvalue weighted by molar-refractivity contribution is -0.167. The summed E-state index contributed by atoms with van der Waals surface area (Å²) in [6.45, 7) is 15.1. The Morgan fingerprint density at radius 3 is 2.09 bits per heavy atom. The summed E-state index contributed by atoms with van der Waals surface area (Å²) in [6.07, 6.45) is 7.40. The first-order chi connectivity index (χ1) is 21.8. The third kappa shape index (κ3) is 6.08. The average molecular weight is 627 g/mol. The molecule has 46 heavy (non-hydrogen) atoms. The number of carbonyl (C=O) groups is 4. The van der Waals surface area contributed by atoms with E-state index in [1.807, 2.05) is 66.7 Å². The molecular weight excluding hydrogens is 584 g/mol. The van der Waals surface area contributed by atoms with Gasteiger partial charge in [0, 0.05) is 38.9 Å². The van der Waals surface area contributed by atoms with E-state index in [4.69, 9.17) is 9.47 Å². The Hall–Kier alpha value is -4.73. The monoisotopic (exact) mass is 626 g/mol. The molecule has 0 saturated carbocycles. The van der Waals surface area contributed by atoms with Gasteiger partial charge in [0.1, 0.15) is 0 Å². The van der Waals surface area contributed by atoms with Crippen LogP contribution in [0.25, 0.3) is 18.2 Å². The lowest BCUT2D eigenvalue weighted by Crippen LogP contribution is -2.19. The Balaban J connectivity index is 1.76. The Bertz CT molecular complexity index is 1910. The quantitative estimate of drug-likeness (QED) is 0.426. The number of carbonyl (C=O) groups excluding carboxylic acids is 4. The number of amides is 2. The molecule has 0 radical (unpaired) electrons. The van der Waals surface area contributed by atoms with E-state index in [1.54, 1.807) is 6.92 Å². The maximum Gasteiger partial charge on any atom is 0.309 e. The van der Waals surface area contributed by atoms with E-state index in [0.29, 0.717) is 29.7 Å². The number of fused-ring (bicyclic) bond motifs is 2. The molecule has 3 aliphatic heterocycles. The lowest BCUT2D eigenvalue weighted by atomic mass is 9.92. The van der Waals surface area contributed by atoms with Crippen LogP contribution in [0.4, 0.5) is 0 Å². The van der Waals surface area contributed by atoms with Gasteiger partial charge in [0.05, 0.1) is 18.6 Å². The number of nitrogens with zero attached hydrogens (tertiary/aromatic N) is 1. The topological polar surface area (TPSA) is 143 Å². The highest BCUT2D eigenvalue weighted by Crippen LogP contribution is 2.33.